The van der Waals surface area contributed by atoms with E-state index in [1.807, 2.05) is 32.6 Å². The topological polar surface area (TPSA) is 282 Å². The second-order valence-corrected chi connectivity index (χ2v) is 13.5. The second-order valence-electron chi connectivity index (χ2n) is 12.6. The Hall–Kier alpha value is -4.10. The van der Waals surface area contributed by atoms with Crippen LogP contribution in [0.15, 0.2) is 28.7 Å². The van der Waals surface area contributed by atoms with Gasteiger partial charge >= 0.3 is 16.1 Å². The number of benzene rings is 1. The van der Waals surface area contributed by atoms with Crippen LogP contribution in [0.4, 0.5) is 11.4 Å². The van der Waals surface area contributed by atoms with Gasteiger partial charge in [-0.05, 0) is 57.7 Å². The van der Waals surface area contributed by atoms with Crippen LogP contribution in [-0.4, -0.2) is 104 Å². The molecule has 17 nitrogen and oxygen atoms in total. The number of nitro groups is 1. The molecule has 1 aromatic carbocycles. The first-order valence-corrected chi connectivity index (χ1v) is 16.0. The lowest BCUT2D eigenvalue weighted by molar-refractivity contribution is -0.385. The van der Waals surface area contributed by atoms with Gasteiger partial charge in [0, 0.05) is 35.8 Å². The highest BCUT2D eigenvalue weighted by Gasteiger charge is 2.63. The Morgan fingerprint density at radius 1 is 1.17 bits per heavy atom. The summed E-state index contributed by atoms with van der Waals surface area (Å²) in [7, 11) is -1.56. The first-order valence-electron chi connectivity index (χ1n) is 14.6. The molecule has 0 aliphatic heterocycles. The Bertz CT molecular complexity index is 1680. The number of phenolic OH excluding ortho intramolecular Hbond substituents is 1. The van der Waals surface area contributed by atoms with Crippen molar-refractivity contribution in [2.24, 2.45) is 23.5 Å². The number of hydrogen-bond donors (Lipinski definition) is 7. The lowest BCUT2D eigenvalue weighted by atomic mass is 9.58. The van der Waals surface area contributed by atoms with E-state index < -0.39 is 84.8 Å². The maximum Gasteiger partial charge on any atom is 0.394 e. The highest BCUT2D eigenvalue weighted by atomic mass is 32.3. The third-order valence-electron chi connectivity index (χ3n) is 8.87. The lowest BCUT2D eigenvalue weighted by Gasteiger charge is -2.50. The van der Waals surface area contributed by atoms with Crippen molar-refractivity contribution in [2.45, 2.75) is 64.6 Å². The third-order valence-corrected chi connectivity index (χ3v) is 8.87. The molecule has 0 saturated carbocycles. The number of aliphatic hydroxyl groups is 3. The number of carbonyl (C=O) groups excluding carboxylic acids is 3. The predicted octanol–water partition coefficient (Wildman–Crippen LogP) is 1.64. The minimum Gasteiger partial charge on any atom is -0.510 e. The summed E-state index contributed by atoms with van der Waals surface area (Å²) in [5.74, 6) is -7.97. The van der Waals surface area contributed by atoms with E-state index in [0.717, 1.165) is 0 Å². The number of ketones is 2. The van der Waals surface area contributed by atoms with Gasteiger partial charge < -0.3 is 31.1 Å². The van der Waals surface area contributed by atoms with Crippen LogP contribution in [0.3, 0.4) is 0 Å². The van der Waals surface area contributed by atoms with Crippen LogP contribution < -0.4 is 10.6 Å². The molecule has 5 atom stereocenters. The van der Waals surface area contributed by atoms with E-state index in [1.165, 1.54) is 11.0 Å². The summed E-state index contributed by atoms with van der Waals surface area (Å²) in [6, 6.07) is 0.0723. The Morgan fingerprint density at radius 3 is 2.17 bits per heavy atom. The SMILES string of the molecule is CCC(C)N(CC(C)C)c1cc([N+](=O)[O-])c(O)c2c1CC1CC3[C@H](N(C)C)C(O)=C(C(N)=O)C(=O)[C@@]3(O)C(O)=C1C2=O.O=S(=O)(O)O. The van der Waals surface area contributed by atoms with Crippen molar-refractivity contribution in [3.05, 3.63) is 50.0 Å². The number of anilines is 1. The van der Waals surface area contributed by atoms with E-state index >= 15 is 0 Å². The number of hydrogen-bond acceptors (Lipinski definition) is 13. The van der Waals surface area contributed by atoms with Gasteiger partial charge in [-0.15, -0.1) is 0 Å². The number of fused-ring (bicyclic) bond motifs is 3. The molecule has 0 saturated heterocycles. The minimum atomic E-state index is -4.67. The second kappa shape index (κ2) is 13.2. The number of nitrogens with two attached hydrogens (primary N) is 1. The van der Waals surface area contributed by atoms with E-state index in [9.17, 15) is 44.9 Å². The number of Topliss-reactive ketones (excluding diaryl/α,β-unsaturated/α-hetero) is 2. The number of phenols is 1. The zero-order valence-electron chi connectivity index (χ0n) is 26.7. The molecule has 260 valence electrons. The van der Waals surface area contributed by atoms with Gasteiger partial charge in [0.15, 0.2) is 11.4 Å². The molecule has 0 spiro atoms. The number of aliphatic hydroxyl groups excluding tert-OH is 2. The van der Waals surface area contributed by atoms with Crippen molar-refractivity contribution >= 4 is 39.2 Å². The van der Waals surface area contributed by atoms with E-state index in [2.05, 4.69) is 0 Å². The Kier molecular flexibility index (Phi) is 10.5. The Morgan fingerprint density at radius 2 is 1.72 bits per heavy atom. The first-order chi connectivity index (χ1) is 21.5. The molecule has 0 radical (unpaired) electrons. The molecule has 47 heavy (non-hydrogen) atoms. The van der Waals surface area contributed by atoms with Gasteiger partial charge in [0.25, 0.3) is 5.91 Å². The van der Waals surface area contributed by atoms with Crippen molar-refractivity contribution in [2.75, 3.05) is 25.5 Å². The van der Waals surface area contributed by atoms with Gasteiger partial charge in [0.1, 0.15) is 17.1 Å². The van der Waals surface area contributed by atoms with Gasteiger partial charge in [-0.1, -0.05) is 20.8 Å². The molecule has 8 N–H and O–H groups in total. The van der Waals surface area contributed by atoms with Gasteiger partial charge in [-0.3, -0.25) is 38.5 Å². The summed E-state index contributed by atoms with van der Waals surface area (Å²) in [6.07, 6.45) is 0.659. The fraction of sp³-hybridized carbons (Fsp3) is 0.552. The summed E-state index contributed by atoms with van der Waals surface area (Å²) >= 11 is 0. The van der Waals surface area contributed by atoms with Gasteiger partial charge in [-0.2, -0.15) is 8.42 Å². The van der Waals surface area contributed by atoms with Crippen LogP contribution in [0, 0.1) is 27.9 Å². The molecular formula is C29H40N4O13S. The molecule has 3 aliphatic carbocycles. The number of carbonyl (C=O) groups is 3. The van der Waals surface area contributed by atoms with Crippen molar-refractivity contribution in [3.63, 3.8) is 0 Å². The monoisotopic (exact) mass is 684 g/mol. The molecule has 18 heteroatoms. The average Bonchev–Trinajstić information content (AvgIpc) is 2.92. The molecule has 0 fully saturated rings. The lowest BCUT2D eigenvalue weighted by Crippen LogP contribution is -2.63. The summed E-state index contributed by atoms with van der Waals surface area (Å²) in [5.41, 5.74) is 1.01. The van der Waals surface area contributed by atoms with Gasteiger partial charge in [0.2, 0.25) is 11.5 Å². The molecule has 4 rings (SSSR count). The summed E-state index contributed by atoms with van der Waals surface area (Å²) in [4.78, 5) is 54.4. The summed E-state index contributed by atoms with van der Waals surface area (Å²) < 4.78 is 31.6. The van der Waals surface area contributed by atoms with Crippen LogP contribution in [0.2, 0.25) is 0 Å². The Labute approximate surface area is 270 Å². The smallest absolute Gasteiger partial charge is 0.394 e. The number of amides is 1. The molecule has 1 aromatic rings. The third kappa shape index (κ3) is 6.68. The van der Waals surface area contributed by atoms with Crippen molar-refractivity contribution in [1.82, 2.24) is 4.90 Å². The zero-order chi connectivity index (χ0) is 36.1. The van der Waals surface area contributed by atoms with E-state index in [0.29, 0.717) is 24.2 Å². The number of nitro benzene ring substituents is 1. The average molecular weight is 685 g/mol. The zero-order valence-corrected chi connectivity index (χ0v) is 27.5. The van der Waals surface area contributed by atoms with Crippen molar-refractivity contribution in [1.29, 1.82) is 0 Å². The normalized spacial score (nSPS) is 24.7. The standard InChI is InChI=1S/C29H38N4O9.H2O4S/c1-7-13(4)32(11-12(2)3)17-10-18(33(41)42)23(34)20-15(17)8-14-9-16-22(31(5)6)25(36)21(28(30)39)27(38)29(16,40)26(37)19(14)24(20)35;1-5(2,3)4/h10,12-14,16,22,34,36-37,40H,7-9,11H2,1-6H3,(H2,30,39);(H2,1,2,3,4)/t13?,14?,16?,22-,29-;/m0./s1. The predicted molar refractivity (Wildman–Crippen MR) is 166 cm³/mol. The largest absolute Gasteiger partial charge is 0.510 e. The van der Waals surface area contributed by atoms with E-state index in [1.54, 1.807) is 14.1 Å². The number of allylic oxidation sites excluding steroid dienone is 1. The highest BCUT2D eigenvalue weighted by Crippen LogP contribution is 2.54. The molecule has 0 bridgehead atoms. The molecule has 1 amide bonds. The first kappa shape index (κ1) is 37.4. The molecule has 3 unspecified atom stereocenters. The fourth-order valence-electron chi connectivity index (χ4n) is 6.81. The van der Waals surface area contributed by atoms with Crippen LogP contribution in [0.25, 0.3) is 0 Å². The number of likely N-dealkylation sites (N-methyl/N-ethyl adjacent to an activating group) is 1. The molecular weight excluding hydrogens is 644 g/mol. The van der Waals surface area contributed by atoms with Crippen LogP contribution in [-0.2, 0) is 26.4 Å². The maximum atomic E-state index is 14.1. The maximum absolute atomic E-state index is 14.1. The molecule has 0 heterocycles. The Balaban J connectivity index is 0.00000111. The minimum absolute atomic E-state index is 0.0421. The number of primary amides is 1. The summed E-state index contributed by atoms with van der Waals surface area (Å²) in [5, 5.41) is 57.2. The fourth-order valence-corrected chi connectivity index (χ4v) is 6.81. The van der Waals surface area contributed by atoms with E-state index in [4.69, 9.17) is 23.3 Å². The van der Waals surface area contributed by atoms with Gasteiger partial charge in [0.05, 0.1) is 16.5 Å². The van der Waals surface area contributed by atoms with Crippen LogP contribution in [0.1, 0.15) is 56.5 Å². The van der Waals surface area contributed by atoms with Crippen molar-refractivity contribution in [3.8, 4) is 5.75 Å². The van der Waals surface area contributed by atoms with Crippen LogP contribution >= 0.6 is 0 Å². The number of rotatable bonds is 8. The quantitative estimate of drug-likeness (QED) is 0.0887. The molecule has 3 aliphatic rings. The highest BCUT2D eigenvalue weighted by molar-refractivity contribution is 7.79. The van der Waals surface area contributed by atoms with Crippen LogP contribution in [0.5, 0.6) is 5.75 Å². The molecule has 0 aromatic heterocycles. The number of aromatic hydroxyl groups is 1. The number of nitrogens with zero attached hydrogens (tertiary/aromatic N) is 3. The summed E-state index contributed by atoms with van der Waals surface area (Å²) in [6.45, 7) is 8.41. The van der Waals surface area contributed by atoms with Gasteiger partial charge in [-0.25, -0.2) is 0 Å². The van der Waals surface area contributed by atoms with Crippen molar-refractivity contribution < 1.29 is 57.3 Å². The van der Waals surface area contributed by atoms with E-state index in [-0.39, 0.29) is 35.9 Å².